The molecule has 1 saturated heterocycles. The molecule has 2 aliphatic carbocycles. The van der Waals surface area contributed by atoms with Gasteiger partial charge in [-0.05, 0) is 44.8 Å². The Labute approximate surface area is 207 Å². The zero-order valence-corrected chi connectivity index (χ0v) is 21.4. The lowest BCUT2D eigenvalue weighted by Gasteiger charge is -2.24. The van der Waals surface area contributed by atoms with Crippen molar-refractivity contribution in [3.8, 4) is 0 Å². The van der Waals surface area contributed by atoms with Crippen molar-refractivity contribution in [1.29, 1.82) is 0 Å². The fraction of sp³-hybridized carbons (Fsp3) is 0.542. The van der Waals surface area contributed by atoms with E-state index < -0.39 is 0 Å². The molecule has 1 heterocycles. The number of carbonyl (C=O) groups excluding carboxylic acids is 2. The van der Waals surface area contributed by atoms with Crippen LogP contribution in [0.4, 0.5) is 0 Å². The lowest BCUT2D eigenvalue weighted by atomic mass is 9.85. The smallest absolute Gasteiger partial charge is 0.233 e. The third-order valence-corrected chi connectivity index (χ3v) is 6.76. The number of imide groups is 1. The minimum absolute atomic E-state index is 0. The molecule has 3 aliphatic rings. The Kier molecular flexibility index (Phi) is 8.32. The van der Waals surface area contributed by atoms with Crippen molar-refractivity contribution in [1.82, 2.24) is 20.4 Å². The summed E-state index contributed by atoms with van der Waals surface area (Å²) in [5.74, 6) is 0.965. The van der Waals surface area contributed by atoms with Crippen molar-refractivity contribution < 1.29 is 9.59 Å². The lowest BCUT2D eigenvalue weighted by molar-refractivity contribution is -0.140. The van der Waals surface area contributed by atoms with E-state index >= 15 is 0 Å². The minimum Gasteiger partial charge on any atom is -0.357 e. The SMILES string of the molecule is CCNC(=NCC(c1ccccc1)N(C)C)NCCN1C(=O)C2C3C=CC(C3)C2C1=O.I. The minimum atomic E-state index is -0.129. The fourth-order valence-electron chi connectivity index (χ4n) is 5.23. The van der Waals surface area contributed by atoms with Crippen molar-refractivity contribution in [3.63, 3.8) is 0 Å². The Morgan fingerprint density at radius 3 is 2.28 bits per heavy atom. The molecule has 5 atom stereocenters. The van der Waals surface area contributed by atoms with Gasteiger partial charge in [-0.2, -0.15) is 0 Å². The first kappa shape index (κ1) is 24.7. The summed E-state index contributed by atoms with van der Waals surface area (Å²) in [6.45, 7) is 4.24. The number of rotatable bonds is 8. The summed E-state index contributed by atoms with van der Waals surface area (Å²) in [7, 11) is 4.11. The molecule has 5 unspecified atom stereocenters. The maximum Gasteiger partial charge on any atom is 0.233 e. The van der Waals surface area contributed by atoms with Crippen LogP contribution in [0.1, 0.15) is 24.9 Å². The molecular weight excluding hydrogens is 517 g/mol. The Morgan fingerprint density at radius 2 is 1.72 bits per heavy atom. The molecule has 8 heteroatoms. The van der Waals surface area contributed by atoms with Gasteiger partial charge in [-0.1, -0.05) is 42.5 Å². The molecule has 1 saturated carbocycles. The third kappa shape index (κ3) is 4.85. The number of nitrogens with zero attached hydrogens (tertiary/aromatic N) is 3. The number of halogens is 1. The van der Waals surface area contributed by atoms with Gasteiger partial charge in [0.25, 0.3) is 0 Å². The molecule has 2 fully saturated rings. The summed E-state index contributed by atoms with van der Waals surface area (Å²) in [4.78, 5) is 34.0. The Hall–Kier alpha value is -1.94. The topological polar surface area (TPSA) is 77.0 Å². The van der Waals surface area contributed by atoms with E-state index in [-0.39, 0.29) is 65.5 Å². The van der Waals surface area contributed by atoms with Crippen molar-refractivity contribution >= 4 is 41.8 Å². The van der Waals surface area contributed by atoms with Crippen LogP contribution in [0, 0.1) is 23.7 Å². The number of fused-ring (bicyclic) bond motifs is 5. The monoisotopic (exact) mass is 551 g/mol. The number of aliphatic imine (C=N–C) groups is 1. The van der Waals surface area contributed by atoms with E-state index in [0.29, 0.717) is 25.6 Å². The van der Waals surface area contributed by atoms with Crippen LogP contribution >= 0.6 is 24.0 Å². The van der Waals surface area contributed by atoms with Gasteiger partial charge in [-0.3, -0.25) is 19.5 Å². The Bertz CT molecular complexity index is 842. The van der Waals surface area contributed by atoms with Gasteiger partial charge in [0.05, 0.1) is 24.4 Å². The number of likely N-dealkylation sites (tertiary alicyclic amines) is 1. The first-order valence-electron chi connectivity index (χ1n) is 11.3. The fourth-order valence-corrected chi connectivity index (χ4v) is 5.23. The molecule has 1 aromatic carbocycles. The van der Waals surface area contributed by atoms with Crippen LogP contribution in [-0.2, 0) is 9.59 Å². The molecule has 7 nitrogen and oxygen atoms in total. The summed E-state index contributed by atoms with van der Waals surface area (Å²) >= 11 is 0. The Balaban J connectivity index is 0.00000289. The molecule has 1 aliphatic heterocycles. The molecule has 1 aromatic rings. The van der Waals surface area contributed by atoms with Gasteiger partial charge in [-0.15, -0.1) is 24.0 Å². The highest BCUT2D eigenvalue weighted by atomic mass is 127. The first-order valence-corrected chi connectivity index (χ1v) is 11.3. The van der Waals surface area contributed by atoms with Crippen molar-refractivity contribution in [2.24, 2.45) is 28.7 Å². The first-order chi connectivity index (χ1) is 15.0. The number of hydrogen-bond acceptors (Lipinski definition) is 4. The number of benzene rings is 1. The molecule has 0 radical (unpaired) electrons. The number of likely N-dealkylation sites (N-methyl/N-ethyl adjacent to an activating group) is 1. The van der Waals surface area contributed by atoms with Crippen LogP contribution in [0.3, 0.4) is 0 Å². The highest BCUT2D eigenvalue weighted by Gasteiger charge is 2.58. The van der Waals surface area contributed by atoms with E-state index in [9.17, 15) is 9.59 Å². The quantitative estimate of drug-likeness (QED) is 0.171. The second-order valence-corrected chi connectivity index (χ2v) is 8.86. The molecule has 174 valence electrons. The number of hydrogen-bond donors (Lipinski definition) is 2. The second kappa shape index (κ2) is 10.8. The maximum absolute atomic E-state index is 12.8. The van der Waals surface area contributed by atoms with Crippen LogP contribution in [0.25, 0.3) is 0 Å². The van der Waals surface area contributed by atoms with Gasteiger partial charge >= 0.3 is 0 Å². The normalized spacial score (nSPS) is 27.0. The van der Waals surface area contributed by atoms with E-state index in [1.54, 1.807) is 0 Å². The van der Waals surface area contributed by atoms with Crippen molar-refractivity contribution in [3.05, 3.63) is 48.0 Å². The molecule has 32 heavy (non-hydrogen) atoms. The number of nitrogens with one attached hydrogen (secondary N) is 2. The van der Waals surface area contributed by atoms with Crippen LogP contribution in [0.5, 0.6) is 0 Å². The number of guanidine groups is 1. The van der Waals surface area contributed by atoms with Gasteiger partial charge in [0.2, 0.25) is 11.8 Å². The number of amides is 2. The summed E-state index contributed by atoms with van der Waals surface area (Å²) < 4.78 is 0. The second-order valence-electron chi connectivity index (χ2n) is 8.86. The molecule has 2 N–H and O–H groups in total. The van der Waals surface area contributed by atoms with E-state index in [1.807, 2.05) is 25.1 Å². The lowest BCUT2D eigenvalue weighted by Crippen LogP contribution is -2.44. The van der Waals surface area contributed by atoms with E-state index in [1.165, 1.54) is 10.5 Å². The van der Waals surface area contributed by atoms with Gasteiger partial charge in [0, 0.05) is 19.6 Å². The van der Waals surface area contributed by atoms with Crippen molar-refractivity contribution in [2.45, 2.75) is 19.4 Å². The molecule has 4 rings (SSSR count). The zero-order chi connectivity index (χ0) is 22.0. The molecule has 0 aromatic heterocycles. The highest BCUT2D eigenvalue weighted by molar-refractivity contribution is 14.0. The van der Waals surface area contributed by atoms with Gasteiger partial charge < -0.3 is 15.5 Å². The predicted octanol–water partition coefficient (Wildman–Crippen LogP) is 2.27. The Morgan fingerprint density at radius 1 is 1.09 bits per heavy atom. The van der Waals surface area contributed by atoms with Crippen LogP contribution < -0.4 is 10.6 Å². The van der Waals surface area contributed by atoms with Crippen LogP contribution in [0.2, 0.25) is 0 Å². The van der Waals surface area contributed by atoms with Gasteiger partial charge in [0.15, 0.2) is 5.96 Å². The zero-order valence-electron chi connectivity index (χ0n) is 19.0. The van der Waals surface area contributed by atoms with E-state index in [0.717, 1.165) is 13.0 Å². The number of allylic oxidation sites excluding steroid dienone is 2. The van der Waals surface area contributed by atoms with Gasteiger partial charge in [0.1, 0.15) is 0 Å². The number of carbonyl (C=O) groups is 2. The summed E-state index contributed by atoms with van der Waals surface area (Å²) in [6.07, 6.45) is 5.22. The summed E-state index contributed by atoms with van der Waals surface area (Å²) in [6, 6.07) is 10.5. The van der Waals surface area contributed by atoms with Crippen molar-refractivity contribution in [2.75, 3.05) is 40.3 Å². The molecule has 2 bridgehead atoms. The van der Waals surface area contributed by atoms with Crippen LogP contribution in [-0.4, -0.2) is 67.8 Å². The standard InChI is InChI=1S/C24H33N5O2.HI/c1-4-25-24(27-15-19(28(2)3)16-8-6-5-7-9-16)26-12-13-29-22(30)20-17-10-11-18(14-17)21(20)23(29)31;/h5-11,17-21H,4,12-15H2,1-3H3,(H2,25,26,27);1H. The average Bonchev–Trinajstić information content (AvgIpc) is 3.44. The summed E-state index contributed by atoms with van der Waals surface area (Å²) in [5.41, 5.74) is 1.22. The van der Waals surface area contributed by atoms with E-state index in [2.05, 4.69) is 53.9 Å². The predicted molar refractivity (Wildman–Crippen MR) is 137 cm³/mol. The average molecular weight is 551 g/mol. The van der Waals surface area contributed by atoms with Gasteiger partial charge in [-0.25, -0.2) is 0 Å². The largest absolute Gasteiger partial charge is 0.357 e. The van der Waals surface area contributed by atoms with Crippen LogP contribution in [0.15, 0.2) is 47.5 Å². The highest BCUT2D eigenvalue weighted by Crippen LogP contribution is 2.52. The maximum atomic E-state index is 12.8. The summed E-state index contributed by atoms with van der Waals surface area (Å²) in [5, 5.41) is 6.56. The molecular formula is C24H34IN5O2. The van der Waals surface area contributed by atoms with E-state index in [4.69, 9.17) is 4.99 Å². The molecule has 0 spiro atoms. The molecule has 2 amide bonds. The third-order valence-electron chi connectivity index (χ3n) is 6.76.